The van der Waals surface area contributed by atoms with Crippen LogP contribution in [0, 0.1) is 0 Å². The second-order valence-electron chi connectivity index (χ2n) is 3.68. The number of carbonyl (C=O) groups is 2. The van der Waals surface area contributed by atoms with Crippen LogP contribution in [0.2, 0.25) is 0 Å². The van der Waals surface area contributed by atoms with E-state index in [1.807, 2.05) is 0 Å². The molecular weight excluding hydrogens is 210 g/mol. The third-order valence-electron chi connectivity index (χ3n) is 2.43. The van der Waals surface area contributed by atoms with Gasteiger partial charge in [0.15, 0.2) is 11.3 Å². The van der Waals surface area contributed by atoms with Crippen molar-refractivity contribution in [3.63, 3.8) is 0 Å². The lowest BCUT2D eigenvalue weighted by molar-refractivity contribution is -0.147. The monoisotopic (exact) mass is 223 g/mol. The Kier molecular flexibility index (Phi) is 3.29. The zero-order chi connectivity index (χ0) is 12.3. The summed E-state index contributed by atoms with van der Waals surface area (Å²) in [5, 5.41) is 18.0. The molecule has 4 N–H and O–H groups in total. The number of carboxylic acids is 1. The lowest BCUT2D eigenvalue weighted by atomic mass is 9.88. The van der Waals surface area contributed by atoms with Gasteiger partial charge in [-0.05, 0) is 24.6 Å². The van der Waals surface area contributed by atoms with Crippen molar-refractivity contribution in [2.45, 2.75) is 18.9 Å². The first-order chi connectivity index (χ1) is 7.36. The molecule has 0 aliphatic carbocycles. The van der Waals surface area contributed by atoms with Gasteiger partial charge in [0.05, 0.1) is 0 Å². The van der Waals surface area contributed by atoms with Crippen LogP contribution < -0.4 is 5.73 Å². The van der Waals surface area contributed by atoms with E-state index in [9.17, 15) is 9.59 Å². The minimum atomic E-state index is -1.91. The molecule has 0 heterocycles. The third-order valence-corrected chi connectivity index (χ3v) is 2.43. The molecule has 0 spiro atoms. The van der Waals surface area contributed by atoms with Gasteiger partial charge in [-0.15, -0.1) is 0 Å². The summed E-state index contributed by atoms with van der Waals surface area (Å²) in [6.07, 6.45) is -0.0993. The second kappa shape index (κ2) is 4.32. The van der Waals surface area contributed by atoms with Crippen LogP contribution >= 0.6 is 0 Å². The molecule has 1 rings (SSSR count). The highest BCUT2D eigenvalue weighted by atomic mass is 16.4. The summed E-state index contributed by atoms with van der Waals surface area (Å²) >= 11 is 0. The standard InChI is InChI=1S/C11H13NO4/c1-7(13)11(12,10(15)16)6-8-2-4-9(14)5-3-8/h2-5,14H,6,12H2,1H3,(H,15,16). The molecule has 1 unspecified atom stereocenters. The molecule has 5 nitrogen and oxygen atoms in total. The van der Waals surface area contributed by atoms with E-state index in [2.05, 4.69) is 0 Å². The second-order valence-corrected chi connectivity index (χ2v) is 3.68. The number of carboxylic acid groups (broad SMARTS) is 1. The van der Waals surface area contributed by atoms with Gasteiger partial charge in [0.1, 0.15) is 5.75 Å². The number of carbonyl (C=O) groups excluding carboxylic acids is 1. The minimum absolute atomic E-state index is 0.0736. The van der Waals surface area contributed by atoms with Crippen LogP contribution in [0.15, 0.2) is 24.3 Å². The fraction of sp³-hybridized carbons (Fsp3) is 0.273. The smallest absolute Gasteiger partial charge is 0.331 e. The highest BCUT2D eigenvalue weighted by molar-refractivity contribution is 6.06. The molecule has 0 radical (unpaired) electrons. The van der Waals surface area contributed by atoms with Crippen LogP contribution in [-0.4, -0.2) is 27.5 Å². The highest BCUT2D eigenvalue weighted by Gasteiger charge is 2.39. The molecule has 0 saturated carbocycles. The Hall–Kier alpha value is -1.88. The summed E-state index contributed by atoms with van der Waals surface area (Å²) in [5.74, 6) is -1.88. The van der Waals surface area contributed by atoms with Crippen molar-refractivity contribution < 1.29 is 19.8 Å². The normalized spacial score (nSPS) is 14.1. The Morgan fingerprint density at radius 1 is 1.31 bits per heavy atom. The number of Topliss-reactive ketones (excluding diaryl/α,β-unsaturated/α-hetero) is 1. The van der Waals surface area contributed by atoms with E-state index in [-0.39, 0.29) is 12.2 Å². The predicted molar refractivity (Wildman–Crippen MR) is 57.0 cm³/mol. The van der Waals surface area contributed by atoms with E-state index >= 15 is 0 Å². The fourth-order valence-electron chi connectivity index (χ4n) is 1.29. The number of benzene rings is 1. The number of phenols is 1. The van der Waals surface area contributed by atoms with E-state index in [0.29, 0.717) is 5.56 Å². The summed E-state index contributed by atoms with van der Waals surface area (Å²) in [5.41, 5.74) is 4.22. The van der Waals surface area contributed by atoms with E-state index in [4.69, 9.17) is 15.9 Å². The molecule has 86 valence electrons. The molecular formula is C11H13NO4. The molecule has 1 aromatic carbocycles. The van der Waals surface area contributed by atoms with Gasteiger partial charge in [-0.1, -0.05) is 12.1 Å². The van der Waals surface area contributed by atoms with Gasteiger partial charge in [0.25, 0.3) is 0 Å². The maximum atomic E-state index is 11.2. The average molecular weight is 223 g/mol. The van der Waals surface area contributed by atoms with Crippen molar-refractivity contribution >= 4 is 11.8 Å². The van der Waals surface area contributed by atoms with Crippen LogP contribution in [0.4, 0.5) is 0 Å². The molecule has 0 aliphatic heterocycles. The maximum absolute atomic E-state index is 11.2. The van der Waals surface area contributed by atoms with Gasteiger partial charge < -0.3 is 15.9 Å². The Morgan fingerprint density at radius 2 is 1.81 bits per heavy atom. The van der Waals surface area contributed by atoms with Crippen molar-refractivity contribution in [3.05, 3.63) is 29.8 Å². The lowest BCUT2D eigenvalue weighted by Gasteiger charge is -2.21. The summed E-state index contributed by atoms with van der Waals surface area (Å²) in [6.45, 7) is 1.15. The van der Waals surface area contributed by atoms with Gasteiger partial charge in [0.2, 0.25) is 0 Å². The molecule has 1 atom stereocenters. The van der Waals surface area contributed by atoms with Crippen LogP contribution in [0.1, 0.15) is 12.5 Å². The number of nitrogens with two attached hydrogens (primary N) is 1. The van der Waals surface area contributed by atoms with Crippen LogP contribution in [-0.2, 0) is 16.0 Å². The molecule has 16 heavy (non-hydrogen) atoms. The zero-order valence-corrected chi connectivity index (χ0v) is 8.80. The number of hydrogen-bond donors (Lipinski definition) is 3. The number of phenolic OH excluding ortho intramolecular Hbond substituents is 1. The molecule has 0 saturated heterocycles. The van der Waals surface area contributed by atoms with E-state index < -0.39 is 17.3 Å². The third kappa shape index (κ3) is 2.38. The van der Waals surface area contributed by atoms with Gasteiger partial charge >= 0.3 is 5.97 Å². The SMILES string of the molecule is CC(=O)C(N)(Cc1ccc(O)cc1)C(=O)O. The summed E-state index contributed by atoms with van der Waals surface area (Å²) in [6, 6.07) is 5.89. The number of rotatable bonds is 4. The molecule has 0 aromatic heterocycles. The van der Waals surface area contributed by atoms with E-state index in [1.54, 1.807) is 0 Å². The number of aromatic hydroxyl groups is 1. The van der Waals surface area contributed by atoms with Crippen LogP contribution in [0.5, 0.6) is 5.75 Å². The zero-order valence-electron chi connectivity index (χ0n) is 8.80. The van der Waals surface area contributed by atoms with Crippen LogP contribution in [0.3, 0.4) is 0 Å². The molecule has 0 aliphatic rings. The Labute approximate surface area is 92.5 Å². The lowest BCUT2D eigenvalue weighted by Crippen LogP contribution is -2.55. The first-order valence-electron chi connectivity index (χ1n) is 4.67. The van der Waals surface area contributed by atoms with Crippen molar-refractivity contribution in [1.82, 2.24) is 0 Å². The van der Waals surface area contributed by atoms with Crippen LogP contribution in [0.25, 0.3) is 0 Å². The quantitative estimate of drug-likeness (QED) is 0.637. The van der Waals surface area contributed by atoms with Crippen molar-refractivity contribution in [3.8, 4) is 5.75 Å². The Balaban J connectivity index is 2.97. The first kappa shape index (κ1) is 12.2. The van der Waals surface area contributed by atoms with Crippen molar-refractivity contribution in [2.75, 3.05) is 0 Å². The largest absolute Gasteiger partial charge is 0.508 e. The van der Waals surface area contributed by atoms with E-state index in [0.717, 1.165) is 6.92 Å². The number of hydrogen-bond acceptors (Lipinski definition) is 4. The number of aliphatic carboxylic acids is 1. The van der Waals surface area contributed by atoms with Gasteiger partial charge in [-0.25, -0.2) is 4.79 Å². The topological polar surface area (TPSA) is 101 Å². The minimum Gasteiger partial charge on any atom is -0.508 e. The maximum Gasteiger partial charge on any atom is 0.331 e. The number of ketones is 1. The molecule has 1 aromatic rings. The van der Waals surface area contributed by atoms with Gasteiger partial charge in [-0.3, -0.25) is 4.79 Å². The fourth-order valence-corrected chi connectivity index (χ4v) is 1.29. The van der Waals surface area contributed by atoms with Gasteiger partial charge in [-0.2, -0.15) is 0 Å². The van der Waals surface area contributed by atoms with Crippen molar-refractivity contribution in [2.24, 2.45) is 5.73 Å². The first-order valence-corrected chi connectivity index (χ1v) is 4.67. The highest BCUT2D eigenvalue weighted by Crippen LogP contribution is 2.16. The predicted octanol–water partition coefficient (Wildman–Crippen LogP) is 0.306. The van der Waals surface area contributed by atoms with Crippen molar-refractivity contribution in [1.29, 1.82) is 0 Å². The van der Waals surface area contributed by atoms with Gasteiger partial charge in [0, 0.05) is 6.42 Å². The Bertz CT molecular complexity index is 396. The molecule has 0 fully saturated rings. The molecule has 0 amide bonds. The molecule has 0 bridgehead atoms. The molecule has 5 heteroatoms. The van der Waals surface area contributed by atoms with E-state index in [1.165, 1.54) is 24.3 Å². The average Bonchev–Trinajstić information content (AvgIpc) is 2.20. The summed E-state index contributed by atoms with van der Waals surface area (Å²) < 4.78 is 0. The summed E-state index contributed by atoms with van der Waals surface area (Å²) in [7, 11) is 0. The Morgan fingerprint density at radius 3 is 2.19 bits per heavy atom. The summed E-state index contributed by atoms with van der Waals surface area (Å²) in [4.78, 5) is 22.2.